The molecule has 0 bridgehead atoms. The zero-order valence-corrected chi connectivity index (χ0v) is 24.9. The fourth-order valence-electron chi connectivity index (χ4n) is 7.58. The van der Waals surface area contributed by atoms with E-state index < -0.39 is 0 Å². The van der Waals surface area contributed by atoms with Gasteiger partial charge in [0.15, 0.2) is 0 Å². The number of aromatic nitrogens is 1. The number of pyridine rings is 1. The average Bonchev–Trinajstić information content (AvgIpc) is 3.47. The average molecular weight is 548 g/mol. The third-order valence-corrected chi connectivity index (χ3v) is 10.1. The molecule has 4 heterocycles. The Labute approximate surface area is 241 Å². The van der Waals surface area contributed by atoms with E-state index in [0.29, 0.717) is 30.7 Å². The summed E-state index contributed by atoms with van der Waals surface area (Å²) in [6.07, 6.45) is 11.6. The maximum Gasteiger partial charge on any atom is 0.129 e. The van der Waals surface area contributed by atoms with Crippen LogP contribution in [0.1, 0.15) is 105 Å². The van der Waals surface area contributed by atoms with Gasteiger partial charge in [-0.2, -0.15) is 0 Å². The Morgan fingerprint density at radius 1 is 1.18 bits per heavy atom. The van der Waals surface area contributed by atoms with Crippen molar-refractivity contribution < 1.29 is 14.2 Å². The van der Waals surface area contributed by atoms with Gasteiger partial charge in [0.25, 0.3) is 0 Å². The van der Waals surface area contributed by atoms with E-state index in [1.807, 2.05) is 0 Å². The Morgan fingerprint density at radius 2 is 2.10 bits per heavy atom. The maximum absolute atomic E-state index is 6.49. The van der Waals surface area contributed by atoms with Gasteiger partial charge in [-0.15, -0.1) is 0 Å². The summed E-state index contributed by atoms with van der Waals surface area (Å²) in [5.74, 6) is 1.51. The summed E-state index contributed by atoms with van der Waals surface area (Å²) in [6.45, 7) is 8.93. The molecule has 4 unspecified atom stereocenters. The lowest BCUT2D eigenvalue weighted by Gasteiger charge is -2.45. The van der Waals surface area contributed by atoms with Crippen molar-refractivity contribution in [2.75, 3.05) is 45.3 Å². The van der Waals surface area contributed by atoms with Gasteiger partial charge in [-0.05, 0) is 106 Å². The van der Waals surface area contributed by atoms with Gasteiger partial charge >= 0.3 is 0 Å². The molecule has 1 N–H and O–H groups in total. The third kappa shape index (κ3) is 5.83. The van der Waals surface area contributed by atoms with E-state index in [1.54, 1.807) is 0 Å². The van der Waals surface area contributed by atoms with E-state index >= 15 is 0 Å². The molecule has 5 atom stereocenters. The number of rotatable bonds is 9. The summed E-state index contributed by atoms with van der Waals surface area (Å²) in [6, 6.07) is 12.3. The highest BCUT2D eigenvalue weighted by molar-refractivity contribution is 5.47. The van der Waals surface area contributed by atoms with Gasteiger partial charge in [-0.25, -0.2) is 4.98 Å². The van der Waals surface area contributed by atoms with Crippen molar-refractivity contribution in [1.82, 2.24) is 9.88 Å². The number of nitrogens with one attached hydrogen (secondary N) is 1. The van der Waals surface area contributed by atoms with Gasteiger partial charge in [-0.1, -0.05) is 31.2 Å². The topological polar surface area (TPSA) is 55.9 Å². The van der Waals surface area contributed by atoms with Crippen molar-refractivity contribution in [1.29, 1.82) is 0 Å². The van der Waals surface area contributed by atoms with E-state index in [2.05, 4.69) is 61.4 Å². The second-order valence-corrected chi connectivity index (χ2v) is 12.8. The van der Waals surface area contributed by atoms with Crippen molar-refractivity contribution in [3.05, 3.63) is 58.3 Å². The highest BCUT2D eigenvalue weighted by Gasteiger charge is 2.43. The molecule has 6 rings (SSSR count). The minimum Gasteiger partial charge on any atom is -0.378 e. The molecule has 40 heavy (non-hydrogen) atoms. The number of hydrogen-bond donors (Lipinski definition) is 1. The van der Waals surface area contributed by atoms with Crippen LogP contribution in [-0.2, 0) is 32.7 Å². The number of fused-ring (bicyclic) bond motifs is 3. The van der Waals surface area contributed by atoms with Crippen molar-refractivity contribution in [3.8, 4) is 0 Å². The first-order valence-electron chi connectivity index (χ1n) is 16.0. The third-order valence-electron chi connectivity index (χ3n) is 10.1. The van der Waals surface area contributed by atoms with Crippen LogP contribution in [0, 0.1) is 0 Å². The molecule has 1 saturated carbocycles. The smallest absolute Gasteiger partial charge is 0.129 e. The number of ether oxygens (including phenoxy) is 3. The second-order valence-electron chi connectivity index (χ2n) is 12.8. The lowest BCUT2D eigenvalue weighted by atomic mass is 9.76. The van der Waals surface area contributed by atoms with E-state index in [4.69, 9.17) is 19.2 Å². The molecule has 4 aliphatic rings. The molecule has 3 aliphatic heterocycles. The minimum absolute atomic E-state index is 0.256. The molecular formula is C34H49N3O3. The molecule has 2 aromatic rings. The number of hydrogen-bond acceptors (Lipinski definition) is 6. The highest BCUT2D eigenvalue weighted by Crippen LogP contribution is 2.46. The zero-order chi connectivity index (χ0) is 27.5. The summed E-state index contributed by atoms with van der Waals surface area (Å²) < 4.78 is 18.8. The normalized spacial score (nSPS) is 28.8. The molecule has 6 heteroatoms. The van der Waals surface area contributed by atoms with Crippen LogP contribution in [0.5, 0.6) is 0 Å². The SMILES string of the molecule is CC1COC2(CCCOC2)c2cccc(C(C)N(C)[C@H]3CCC(OCCCCc4ccc5c(n4)NCCC5)C3)c21. The number of anilines is 1. The van der Waals surface area contributed by atoms with E-state index in [9.17, 15) is 0 Å². The van der Waals surface area contributed by atoms with Crippen molar-refractivity contribution >= 4 is 5.82 Å². The summed E-state index contributed by atoms with van der Waals surface area (Å²) in [5.41, 5.74) is 6.67. The number of nitrogens with zero attached hydrogens (tertiary/aromatic N) is 2. The minimum atomic E-state index is -0.256. The molecule has 1 aliphatic carbocycles. The largest absolute Gasteiger partial charge is 0.378 e. The molecule has 2 fully saturated rings. The molecule has 218 valence electrons. The quantitative estimate of drug-likeness (QED) is 0.360. The van der Waals surface area contributed by atoms with E-state index in [0.717, 1.165) is 83.5 Å². The predicted octanol–water partition coefficient (Wildman–Crippen LogP) is 6.53. The van der Waals surface area contributed by atoms with E-state index in [1.165, 1.54) is 40.8 Å². The standard InChI is InChI=1S/C34H49N3O3/c1-24-22-40-34(17-8-19-38-23-34)31-12-6-11-30(32(24)31)25(2)37(3)28-15-16-29(21-28)39-20-5-4-10-27-14-13-26-9-7-18-35-33(26)36-27/h6,11-14,24-25,28-29H,4-5,7-10,15-23H2,1-3H3,(H,35,36)/t24?,25?,28-,29?,34?/m0/s1. The lowest BCUT2D eigenvalue weighted by molar-refractivity contribution is -0.145. The van der Waals surface area contributed by atoms with Crippen LogP contribution in [-0.4, -0.2) is 62.0 Å². The van der Waals surface area contributed by atoms with Crippen molar-refractivity contribution in [3.63, 3.8) is 0 Å². The molecular weight excluding hydrogens is 498 g/mol. The Bertz CT molecular complexity index is 1150. The Kier molecular flexibility index (Phi) is 8.78. The molecule has 0 radical (unpaired) electrons. The molecule has 1 saturated heterocycles. The van der Waals surface area contributed by atoms with Crippen LogP contribution in [0.25, 0.3) is 0 Å². The number of benzene rings is 1. The van der Waals surface area contributed by atoms with Gasteiger partial charge < -0.3 is 19.5 Å². The van der Waals surface area contributed by atoms with Gasteiger partial charge in [-0.3, -0.25) is 4.90 Å². The van der Waals surface area contributed by atoms with Gasteiger partial charge in [0.2, 0.25) is 0 Å². The van der Waals surface area contributed by atoms with Crippen molar-refractivity contribution in [2.24, 2.45) is 0 Å². The molecule has 6 nitrogen and oxygen atoms in total. The first-order chi connectivity index (χ1) is 19.5. The summed E-state index contributed by atoms with van der Waals surface area (Å²) >= 11 is 0. The summed E-state index contributed by atoms with van der Waals surface area (Å²) in [5, 5.41) is 3.45. The Morgan fingerprint density at radius 3 is 2.98 bits per heavy atom. The molecule has 1 aromatic carbocycles. The summed E-state index contributed by atoms with van der Waals surface area (Å²) in [4.78, 5) is 7.46. The van der Waals surface area contributed by atoms with Crippen molar-refractivity contribution in [2.45, 2.75) is 108 Å². The van der Waals surface area contributed by atoms with Crippen LogP contribution in [0.3, 0.4) is 0 Å². The van der Waals surface area contributed by atoms with E-state index in [-0.39, 0.29) is 5.60 Å². The Hall–Kier alpha value is -1.99. The highest BCUT2D eigenvalue weighted by atomic mass is 16.5. The molecule has 1 spiro atoms. The van der Waals surface area contributed by atoms with Crippen LogP contribution in [0.2, 0.25) is 0 Å². The van der Waals surface area contributed by atoms with Gasteiger partial charge in [0.05, 0.1) is 19.3 Å². The van der Waals surface area contributed by atoms with Crippen LogP contribution < -0.4 is 5.32 Å². The lowest BCUT2D eigenvalue weighted by Crippen LogP contribution is -2.44. The Balaban J connectivity index is 1.00. The molecule has 1 aromatic heterocycles. The molecule has 0 amide bonds. The zero-order valence-electron chi connectivity index (χ0n) is 24.9. The van der Waals surface area contributed by atoms with Crippen LogP contribution in [0.4, 0.5) is 5.82 Å². The first-order valence-corrected chi connectivity index (χ1v) is 16.0. The monoisotopic (exact) mass is 547 g/mol. The predicted molar refractivity (Wildman–Crippen MR) is 160 cm³/mol. The number of unbranched alkanes of at least 4 members (excludes halogenated alkanes) is 1. The van der Waals surface area contributed by atoms with Gasteiger partial charge in [0, 0.05) is 43.5 Å². The first kappa shape index (κ1) is 28.1. The van der Waals surface area contributed by atoms with Crippen LogP contribution >= 0.6 is 0 Å². The fourth-order valence-corrected chi connectivity index (χ4v) is 7.58. The maximum atomic E-state index is 6.49. The van der Waals surface area contributed by atoms with Crippen LogP contribution in [0.15, 0.2) is 30.3 Å². The summed E-state index contributed by atoms with van der Waals surface area (Å²) in [7, 11) is 2.32. The second kappa shape index (κ2) is 12.5. The number of aryl methyl sites for hydroxylation is 2. The fraction of sp³-hybridized carbons (Fsp3) is 0.676. The van der Waals surface area contributed by atoms with Gasteiger partial charge in [0.1, 0.15) is 11.4 Å².